The smallest absolute Gasteiger partial charge is 0.261 e. The van der Waals surface area contributed by atoms with Crippen molar-refractivity contribution in [1.29, 1.82) is 0 Å². The molecule has 7 heteroatoms. The van der Waals surface area contributed by atoms with E-state index in [4.69, 9.17) is 0 Å². The van der Waals surface area contributed by atoms with E-state index in [1.54, 1.807) is 18.2 Å². The fraction of sp³-hybridized carbons (Fsp3) is 0.278. The number of hydrogen-bond acceptors (Lipinski definition) is 3. The molecular weight excluding hydrogens is 343 g/mol. The lowest BCUT2D eigenvalue weighted by atomic mass is 10.0. The molecule has 0 spiro atoms. The Balaban J connectivity index is 2.01. The highest BCUT2D eigenvalue weighted by Crippen LogP contribution is 2.31. The van der Waals surface area contributed by atoms with E-state index >= 15 is 0 Å². The van der Waals surface area contributed by atoms with Crippen molar-refractivity contribution >= 4 is 21.6 Å². The number of hydrogen-bond donors (Lipinski definition) is 0. The average molecular weight is 362 g/mol. The Hall–Kier alpha value is -2.25. The Kier molecular flexibility index (Phi) is 4.62. The summed E-state index contributed by atoms with van der Waals surface area (Å²) in [6, 6.07) is 10.6. The number of amides is 1. The summed E-state index contributed by atoms with van der Waals surface area (Å²) in [6.07, 6.45) is 1.37. The Labute approximate surface area is 146 Å². The predicted molar refractivity (Wildman–Crippen MR) is 93.7 cm³/mol. The molecule has 0 aromatic heterocycles. The molecule has 3 rings (SSSR count). The van der Waals surface area contributed by atoms with Crippen LogP contribution in [0.25, 0.3) is 0 Å². The third-order valence-corrected chi connectivity index (χ3v) is 6.11. The molecule has 25 heavy (non-hydrogen) atoms. The Bertz CT molecular complexity index is 926. The summed E-state index contributed by atoms with van der Waals surface area (Å²) in [5.41, 5.74) is 1.43. The van der Waals surface area contributed by atoms with Crippen LogP contribution in [0.2, 0.25) is 0 Å². The lowest BCUT2D eigenvalue weighted by Gasteiger charge is -2.30. The largest absolute Gasteiger partial charge is 0.308 e. The molecule has 1 heterocycles. The second-order valence-electron chi connectivity index (χ2n) is 6.12. The summed E-state index contributed by atoms with van der Waals surface area (Å²) >= 11 is 0. The van der Waals surface area contributed by atoms with Gasteiger partial charge in [0.1, 0.15) is 5.82 Å². The molecule has 0 radical (unpaired) electrons. The van der Waals surface area contributed by atoms with Crippen molar-refractivity contribution < 1.29 is 17.6 Å². The zero-order chi connectivity index (χ0) is 18.2. The van der Waals surface area contributed by atoms with E-state index in [1.807, 2.05) is 0 Å². The normalized spacial score (nSPS) is 14.5. The van der Waals surface area contributed by atoms with Crippen LogP contribution in [0.15, 0.2) is 47.4 Å². The molecule has 0 saturated heterocycles. The van der Waals surface area contributed by atoms with Gasteiger partial charge in [-0.2, -0.15) is 0 Å². The van der Waals surface area contributed by atoms with Crippen molar-refractivity contribution in [3.63, 3.8) is 0 Å². The van der Waals surface area contributed by atoms with E-state index in [-0.39, 0.29) is 10.5 Å². The number of sulfonamides is 1. The summed E-state index contributed by atoms with van der Waals surface area (Å²) in [7, 11) is -0.587. The standard InChI is InChI=1S/C18H19FN2O3S/c1-20(2)25(23,24)14-9-10-17-13(12-14)6-5-11-21(17)18(22)15-7-3-4-8-16(15)19/h3-4,7-10,12H,5-6,11H2,1-2H3. The van der Waals surface area contributed by atoms with Crippen LogP contribution in [-0.4, -0.2) is 39.3 Å². The number of rotatable bonds is 3. The van der Waals surface area contributed by atoms with Crippen LogP contribution in [0.5, 0.6) is 0 Å². The zero-order valence-electron chi connectivity index (χ0n) is 14.1. The maximum absolute atomic E-state index is 13.9. The minimum Gasteiger partial charge on any atom is -0.308 e. The average Bonchev–Trinajstić information content (AvgIpc) is 2.60. The van der Waals surface area contributed by atoms with Crippen molar-refractivity contribution in [2.45, 2.75) is 17.7 Å². The first-order valence-electron chi connectivity index (χ1n) is 7.94. The van der Waals surface area contributed by atoms with Gasteiger partial charge in [-0.3, -0.25) is 4.79 Å². The molecule has 0 bridgehead atoms. The number of halogens is 1. The molecule has 0 atom stereocenters. The highest BCUT2D eigenvalue weighted by Gasteiger charge is 2.27. The fourth-order valence-electron chi connectivity index (χ4n) is 2.94. The second-order valence-corrected chi connectivity index (χ2v) is 8.27. The van der Waals surface area contributed by atoms with Crippen molar-refractivity contribution in [1.82, 2.24) is 4.31 Å². The third kappa shape index (κ3) is 3.17. The predicted octanol–water partition coefficient (Wildman–Crippen LogP) is 2.67. The van der Waals surface area contributed by atoms with Crippen LogP contribution in [0, 0.1) is 5.82 Å². The molecule has 132 valence electrons. The van der Waals surface area contributed by atoms with Crippen LogP contribution in [0.4, 0.5) is 10.1 Å². The third-order valence-electron chi connectivity index (χ3n) is 4.30. The number of carbonyl (C=O) groups excluding carboxylic acids is 1. The van der Waals surface area contributed by atoms with E-state index in [9.17, 15) is 17.6 Å². The van der Waals surface area contributed by atoms with Gasteiger partial charge < -0.3 is 4.90 Å². The maximum Gasteiger partial charge on any atom is 0.261 e. The lowest BCUT2D eigenvalue weighted by molar-refractivity contribution is 0.0981. The van der Waals surface area contributed by atoms with Gasteiger partial charge in [0.2, 0.25) is 10.0 Å². The van der Waals surface area contributed by atoms with Crippen molar-refractivity contribution in [3.8, 4) is 0 Å². The molecule has 0 saturated carbocycles. The first-order valence-corrected chi connectivity index (χ1v) is 9.38. The summed E-state index contributed by atoms with van der Waals surface area (Å²) in [5, 5.41) is 0. The minimum absolute atomic E-state index is 0.0142. The van der Waals surface area contributed by atoms with E-state index in [2.05, 4.69) is 0 Å². The number of anilines is 1. The monoisotopic (exact) mass is 362 g/mol. The second kappa shape index (κ2) is 6.57. The van der Waals surface area contributed by atoms with Crippen LogP contribution in [0.1, 0.15) is 22.3 Å². The molecule has 0 N–H and O–H groups in total. The van der Waals surface area contributed by atoms with Gasteiger partial charge in [-0.25, -0.2) is 17.1 Å². The minimum atomic E-state index is -3.54. The van der Waals surface area contributed by atoms with E-state index < -0.39 is 21.7 Å². The van der Waals surface area contributed by atoms with Crippen LogP contribution >= 0.6 is 0 Å². The van der Waals surface area contributed by atoms with Gasteiger partial charge in [0.15, 0.2) is 0 Å². The summed E-state index contributed by atoms with van der Waals surface area (Å²) in [6.45, 7) is 0.472. The van der Waals surface area contributed by atoms with E-state index in [1.165, 1.54) is 43.3 Å². The molecule has 0 fully saturated rings. The first-order chi connectivity index (χ1) is 11.8. The maximum atomic E-state index is 13.9. The van der Waals surface area contributed by atoms with Gasteiger partial charge in [-0.15, -0.1) is 0 Å². The fourth-order valence-corrected chi connectivity index (χ4v) is 3.89. The number of nitrogens with zero attached hydrogens (tertiary/aromatic N) is 2. The molecule has 0 aliphatic carbocycles. The number of fused-ring (bicyclic) bond motifs is 1. The lowest BCUT2D eigenvalue weighted by Crippen LogP contribution is -2.36. The van der Waals surface area contributed by atoms with Crippen LogP contribution in [0.3, 0.4) is 0 Å². The molecule has 2 aromatic rings. The number of benzene rings is 2. The zero-order valence-corrected chi connectivity index (χ0v) is 14.9. The van der Waals surface area contributed by atoms with Gasteiger partial charge in [-0.1, -0.05) is 12.1 Å². The van der Waals surface area contributed by atoms with Crippen LogP contribution < -0.4 is 4.90 Å². The molecule has 5 nitrogen and oxygen atoms in total. The Morgan fingerprint density at radius 1 is 1.16 bits per heavy atom. The molecule has 1 aliphatic heterocycles. The highest BCUT2D eigenvalue weighted by molar-refractivity contribution is 7.89. The molecular formula is C18H19FN2O3S. The summed E-state index contributed by atoms with van der Waals surface area (Å²) < 4.78 is 39.7. The Morgan fingerprint density at radius 3 is 2.56 bits per heavy atom. The molecule has 2 aromatic carbocycles. The quantitative estimate of drug-likeness (QED) is 0.843. The van der Waals surface area contributed by atoms with Gasteiger partial charge in [0.05, 0.1) is 10.5 Å². The number of carbonyl (C=O) groups is 1. The molecule has 1 aliphatic rings. The van der Waals surface area contributed by atoms with E-state index in [0.29, 0.717) is 25.1 Å². The number of aryl methyl sites for hydroxylation is 1. The van der Waals surface area contributed by atoms with Gasteiger partial charge in [0, 0.05) is 26.3 Å². The van der Waals surface area contributed by atoms with Crippen molar-refractivity contribution in [3.05, 3.63) is 59.4 Å². The molecule has 0 unspecified atom stereocenters. The SMILES string of the molecule is CN(C)S(=O)(=O)c1ccc2c(c1)CCCN2C(=O)c1ccccc1F. The van der Waals surface area contributed by atoms with Crippen molar-refractivity contribution in [2.24, 2.45) is 0 Å². The van der Waals surface area contributed by atoms with Gasteiger partial charge in [0.25, 0.3) is 5.91 Å². The van der Waals surface area contributed by atoms with Crippen LogP contribution in [-0.2, 0) is 16.4 Å². The Morgan fingerprint density at radius 2 is 1.88 bits per heavy atom. The van der Waals surface area contributed by atoms with Gasteiger partial charge in [-0.05, 0) is 48.7 Å². The highest BCUT2D eigenvalue weighted by atomic mass is 32.2. The summed E-state index contributed by atoms with van der Waals surface area (Å²) in [4.78, 5) is 14.4. The first kappa shape index (κ1) is 17.6. The topological polar surface area (TPSA) is 57.7 Å². The summed E-state index contributed by atoms with van der Waals surface area (Å²) in [5.74, 6) is -0.978. The molecule has 1 amide bonds. The van der Waals surface area contributed by atoms with Crippen molar-refractivity contribution in [2.75, 3.05) is 25.5 Å². The van der Waals surface area contributed by atoms with Gasteiger partial charge >= 0.3 is 0 Å². The van der Waals surface area contributed by atoms with E-state index in [0.717, 1.165) is 9.87 Å².